The standard InChI is InChI=1S/C22H27N3O5S/c1-15(2)20(23-21-18-7-5-6-8-19(18)31(27,28)24-21)22(26)25(3)13-14-30-17-11-9-16(29-4)10-12-17/h5-12,15,20H,13-14H2,1-4H3,(H,23,24)/t20-/m0/s1. The van der Waals surface area contributed by atoms with Crippen LogP contribution in [0.2, 0.25) is 0 Å². The van der Waals surface area contributed by atoms with Crippen LogP contribution >= 0.6 is 0 Å². The first-order valence-electron chi connectivity index (χ1n) is 9.95. The number of amidine groups is 1. The Morgan fingerprint density at radius 2 is 1.74 bits per heavy atom. The van der Waals surface area contributed by atoms with Gasteiger partial charge in [0.2, 0.25) is 5.91 Å². The van der Waals surface area contributed by atoms with Gasteiger partial charge >= 0.3 is 0 Å². The van der Waals surface area contributed by atoms with Gasteiger partial charge in [0.05, 0.1) is 18.6 Å². The Hall–Kier alpha value is -3.07. The largest absolute Gasteiger partial charge is 0.497 e. The van der Waals surface area contributed by atoms with Gasteiger partial charge in [0.1, 0.15) is 30.0 Å². The van der Waals surface area contributed by atoms with Crippen LogP contribution in [0.1, 0.15) is 19.4 Å². The lowest BCUT2D eigenvalue weighted by Crippen LogP contribution is -2.41. The molecule has 8 nitrogen and oxygen atoms in total. The van der Waals surface area contributed by atoms with Crippen LogP contribution in [0.25, 0.3) is 0 Å². The molecule has 0 aromatic heterocycles. The summed E-state index contributed by atoms with van der Waals surface area (Å²) in [6.07, 6.45) is 0. The molecular weight excluding hydrogens is 418 g/mol. The van der Waals surface area contributed by atoms with Gasteiger partial charge in [-0.05, 0) is 42.3 Å². The third-order valence-corrected chi connectivity index (χ3v) is 6.34. The number of carbonyl (C=O) groups is 1. The number of ether oxygens (including phenoxy) is 2. The number of benzene rings is 2. The molecule has 1 amide bonds. The van der Waals surface area contributed by atoms with Gasteiger partial charge in [-0.3, -0.25) is 14.5 Å². The number of methoxy groups -OCH3 is 1. The molecule has 1 atom stereocenters. The SMILES string of the molecule is COc1ccc(OCCN(C)C(=O)[C@@H](N=C2NS(=O)(=O)c3ccccc32)C(C)C)cc1. The van der Waals surface area contributed by atoms with Crippen molar-refractivity contribution in [3.8, 4) is 11.5 Å². The van der Waals surface area contributed by atoms with E-state index < -0.39 is 16.1 Å². The lowest BCUT2D eigenvalue weighted by atomic mass is 10.0. The molecule has 2 aromatic carbocycles. The van der Waals surface area contributed by atoms with Crippen LogP contribution < -0.4 is 14.2 Å². The minimum Gasteiger partial charge on any atom is -0.497 e. The first-order valence-corrected chi connectivity index (χ1v) is 11.4. The number of nitrogens with one attached hydrogen (secondary N) is 1. The van der Waals surface area contributed by atoms with Crippen molar-refractivity contribution in [2.45, 2.75) is 24.8 Å². The van der Waals surface area contributed by atoms with Crippen molar-refractivity contribution in [3.05, 3.63) is 54.1 Å². The van der Waals surface area contributed by atoms with E-state index in [1.165, 1.54) is 6.07 Å². The summed E-state index contributed by atoms with van der Waals surface area (Å²) in [5.74, 6) is 1.29. The molecule has 1 N–H and O–H groups in total. The second-order valence-corrected chi connectivity index (χ2v) is 9.20. The number of amides is 1. The first-order chi connectivity index (χ1) is 14.7. The maximum absolute atomic E-state index is 13.0. The molecule has 0 radical (unpaired) electrons. The molecular formula is C22H27N3O5S. The van der Waals surface area contributed by atoms with Gasteiger partial charge in [-0.25, -0.2) is 8.42 Å². The molecule has 166 valence electrons. The molecule has 0 saturated heterocycles. The maximum Gasteiger partial charge on any atom is 0.263 e. The minimum absolute atomic E-state index is 0.123. The van der Waals surface area contributed by atoms with Crippen molar-refractivity contribution >= 4 is 21.8 Å². The van der Waals surface area contributed by atoms with Crippen LogP contribution in [0.15, 0.2) is 58.4 Å². The highest BCUT2D eigenvalue weighted by Crippen LogP contribution is 2.24. The van der Waals surface area contributed by atoms with E-state index in [2.05, 4.69) is 9.71 Å². The van der Waals surface area contributed by atoms with E-state index in [1.807, 2.05) is 13.8 Å². The van der Waals surface area contributed by atoms with Crippen molar-refractivity contribution in [2.75, 3.05) is 27.3 Å². The highest BCUT2D eigenvalue weighted by atomic mass is 32.2. The summed E-state index contributed by atoms with van der Waals surface area (Å²) >= 11 is 0. The number of aliphatic imine (C=N–C) groups is 1. The average Bonchev–Trinajstić information content (AvgIpc) is 3.02. The maximum atomic E-state index is 13.0. The van der Waals surface area contributed by atoms with Gasteiger partial charge in [-0.1, -0.05) is 26.0 Å². The molecule has 9 heteroatoms. The van der Waals surface area contributed by atoms with Crippen molar-refractivity contribution in [2.24, 2.45) is 10.9 Å². The predicted octanol–water partition coefficient (Wildman–Crippen LogP) is 2.30. The molecule has 1 aliphatic rings. The molecule has 0 bridgehead atoms. The number of nitrogens with zero attached hydrogens (tertiary/aromatic N) is 2. The third kappa shape index (κ3) is 5.16. The average molecular weight is 446 g/mol. The number of rotatable bonds is 8. The van der Waals surface area contributed by atoms with E-state index in [1.54, 1.807) is 61.5 Å². The van der Waals surface area contributed by atoms with Crippen molar-refractivity contribution in [1.82, 2.24) is 9.62 Å². The monoisotopic (exact) mass is 445 g/mol. The normalized spacial score (nSPS) is 16.5. The Morgan fingerprint density at radius 3 is 2.39 bits per heavy atom. The molecule has 0 spiro atoms. The van der Waals surface area contributed by atoms with Crippen molar-refractivity contribution in [3.63, 3.8) is 0 Å². The zero-order valence-electron chi connectivity index (χ0n) is 18.0. The topological polar surface area (TPSA) is 97.3 Å². The highest BCUT2D eigenvalue weighted by molar-refractivity contribution is 7.90. The summed E-state index contributed by atoms with van der Waals surface area (Å²) < 4.78 is 37.9. The quantitative estimate of drug-likeness (QED) is 0.672. The van der Waals surface area contributed by atoms with Crippen LogP contribution in [0.3, 0.4) is 0 Å². The summed E-state index contributed by atoms with van der Waals surface area (Å²) in [7, 11) is -0.377. The van der Waals surface area contributed by atoms with Crippen molar-refractivity contribution in [1.29, 1.82) is 0 Å². The molecule has 0 saturated carbocycles. The van der Waals surface area contributed by atoms with Crippen LogP contribution in [0.4, 0.5) is 0 Å². The summed E-state index contributed by atoms with van der Waals surface area (Å²) in [6.45, 7) is 4.43. The molecule has 0 unspecified atom stereocenters. The Balaban J connectivity index is 1.68. The molecule has 0 fully saturated rings. The van der Waals surface area contributed by atoms with Crippen LogP contribution in [-0.4, -0.2) is 58.4 Å². The van der Waals surface area contributed by atoms with E-state index in [0.29, 0.717) is 24.5 Å². The molecule has 31 heavy (non-hydrogen) atoms. The van der Waals surface area contributed by atoms with Gasteiger partial charge in [0, 0.05) is 12.6 Å². The third-order valence-electron chi connectivity index (χ3n) is 4.95. The number of hydrogen-bond donors (Lipinski definition) is 1. The lowest BCUT2D eigenvalue weighted by molar-refractivity contribution is -0.132. The fourth-order valence-corrected chi connectivity index (χ4v) is 4.41. The van der Waals surface area contributed by atoms with E-state index in [9.17, 15) is 13.2 Å². The zero-order chi connectivity index (χ0) is 22.6. The number of fused-ring (bicyclic) bond motifs is 1. The van der Waals surface area contributed by atoms with Crippen LogP contribution in [-0.2, 0) is 14.8 Å². The summed E-state index contributed by atoms with van der Waals surface area (Å²) in [6, 6.07) is 13.1. The molecule has 3 rings (SSSR count). The van der Waals surface area contributed by atoms with Crippen LogP contribution in [0.5, 0.6) is 11.5 Å². The molecule has 0 aliphatic carbocycles. The molecule has 2 aromatic rings. The van der Waals surface area contributed by atoms with Crippen LogP contribution in [0, 0.1) is 5.92 Å². The zero-order valence-corrected chi connectivity index (χ0v) is 18.8. The van der Waals surface area contributed by atoms with E-state index in [4.69, 9.17) is 9.47 Å². The first kappa shape index (κ1) is 22.6. The van der Waals surface area contributed by atoms with Gasteiger partial charge in [0.15, 0.2) is 0 Å². The number of hydrogen-bond acceptors (Lipinski definition) is 6. The fraction of sp³-hybridized carbons (Fsp3) is 0.364. The van der Waals surface area contributed by atoms with Gasteiger partial charge in [0.25, 0.3) is 10.0 Å². The Bertz CT molecular complexity index is 1060. The fourth-order valence-electron chi connectivity index (χ4n) is 3.17. The Kier molecular flexibility index (Phi) is 6.84. The summed E-state index contributed by atoms with van der Waals surface area (Å²) in [5.41, 5.74) is 0.478. The van der Waals surface area contributed by atoms with E-state index >= 15 is 0 Å². The summed E-state index contributed by atoms with van der Waals surface area (Å²) in [4.78, 5) is 19.3. The highest BCUT2D eigenvalue weighted by Gasteiger charge is 2.33. The number of sulfonamides is 1. The molecule has 1 aliphatic heterocycles. The predicted molar refractivity (Wildman–Crippen MR) is 118 cm³/mol. The van der Waals surface area contributed by atoms with E-state index in [0.717, 1.165) is 5.75 Å². The second kappa shape index (κ2) is 9.38. The number of carbonyl (C=O) groups excluding carboxylic acids is 1. The van der Waals surface area contributed by atoms with Gasteiger partial charge in [-0.15, -0.1) is 0 Å². The van der Waals surface area contributed by atoms with E-state index in [-0.39, 0.29) is 22.6 Å². The smallest absolute Gasteiger partial charge is 0.263 e. The second-order valence-electron chi connectivity index (χ2n) is 7.55. The van der Waals surface area contributed by atoms with Crippen molar-refractivity contribution < 1.29 is 22.7 Å². The summed E-state index contributed by atoms with van der Waals surface area (Å²) in [5, 5.41) is 0. The van der Waals surface area contributed by atoms with Gasteiger partial charge < -0.3 is 14.4 Å². The lowest BCUT2D eigenvalue weighted by Gasteiger charge is -2.24. The number of likely N-dealkylation sites (N-methyl/N-ethyl adjacent to an activating group) is 1. The Morgan fingerprint density at radius 1 is 1.10 bits per heavy atom. The minimum atomic E-state index is -3.66. The molecule has 1 heterocycles. The van der Waals surface area contributed by atoms with Gasteiger partial charge in [-0.2, -0.15) is 0 Å². The Labute approximate surface area is 182 Å².